The molecule has 3 aliphatic rings. The highest BCUT2D eigenvalue weighted by atomic mass is 15.2. The summed E-state index contributed by atoms with van der Waals surface area (Å²) in [5.74, 6) is 0.281. The summed E-state index contributed by atoms with van der Waals surface area (Å²) in [7, 11) is 0. The number of benzene rings is 7. The van der Waals surface area contributed by atoms with E-state index < -0.39 is 0 Å². The topological polar surface area (TPSA) is 8.17 Å². The first-order chi connectivity index (χ1) is 28.0. The van der Waals surface area contributed by atoms with Crippen LogP contribution < -0.4 is 4.90 Å². The monoisotopic (exact) mass is 732 g/mol. The van der Waals surface area contributed by atoms with Gasteiger partial charge in [0.25, 0.3) is 0 Å². The molecule has 3 aliphatic carbocycles. The number of hydrogen-bond acceptors (Lipinski definition) is 1. The number of nitrogens with zero attached hydrogens (tertiary/aromatic N) is 2. The molecule has 0 saturated carbocycles. The normalized spacial score (nSPS) is 17.3. The van der Waals surface area contributed by atoms with Crippen molar-refractivity contribution in [3.8, 4) is 27.9 Å². The SMILES string of the molecule is CC1(C)c2ccccc2-c2ccc(N(c3cccc(-c4ccccc4)c3)C3CC=C(C4C=Cc5c(c6ccccc6n5-c5ccccc5)C4)c4ccccc43)cc21. The van der Waals surface area contributed by atoms with Gasteiger partial charge < -0.3 is 9.47 Å². The average Bonchev–Trinajstić information content (AvgIpc) is 3.72. The fourth-order valence-electron chi connectivity index (χ4n) is 10.2. The molecule has 1 aromatic heterocycles. The predicted octanol–water partition coefficient (Wildman–Crippen LogP) is 14.2. The van der Waals surface area contributed by atoms with Gasteiger partial charge in [0, 0.05) is 39.5 Å². The van der Waals surface area contributed by atoms with Crippen molar-refractivity contribution < 1.29 is 0 Å². The fourth-order valence-corrected chi connectivity index (χ4v) is 10.2. The van der Waals surface area contributed by atoms with Crippen molar-refractivity contribution in [3.63, 3.8) is 0 Å². The molecule has 0 aliphatic heterocycles. The molecule has 2 atom stereocenters. The van der Waals surface area contributed by atoms with Crippen LogP contribution in [0.2, 0.25) is 0 Å². The van der Waals surface area contributed by atoms with E-state index in [1.165, 1.54) is 89.3 Å². The van der Waals surface area contributed by atoms with Gasteiger partial charge in [-0.1, -0.05) is 159 Å². The van der Waals surface area contributed by atoms with Crippen LogP contribution in [0, 0.1) is 5.92 Å². The third-order valence-electron chi connectivity index (χ3n) is 12.9. The maximum atomic E-state index is 2.63. The molecule has 7 aromatic carbocycles. The Bertz CT molecular complexity index is 2890. The number of aromatic nitrogens is 1. The molecular formula is C55H44N2. The van der Waals surface area contributed by atoms with Crippen LogP contribution in [-0.2, 0) is 11.8 Å². The second-order valence-electron chi connectivity index (χ2n) is 16.4. The van der Waals surface area contributed by atoms with Crippen molar-refractivity contribution in [1.82, 2.24) is 4.57 Å². The highest BCUT2D eigenvalue weighted by molar-refractivity contribution is 5.92. The van der Waals surface area contributed by atoms with Gasteiger partial charge in [0.05, 0.1) is 11.6 Å². The first kappa shape index (κ1) is 33.7. The van der Waals surface area contributed by atoms with Crippen LogP contribution in [0.15, 0.2) is 188 Å². The molecule has 0 fully saturated rings. The van der Waals surface area contributed by atoms with Gasteiger partial charge in [-0.2, -0.15) is 0 Å². The molecule has 11 rings (SSSR count). The van der Waals surface area contributed by atoms with Crippen LogP contribution in [0.4, 0.5) is 11.4 Å². The molecule has 2 unspecified atom stereocenters. The highest BCUT2D eigenvalue weighted by Crippen LogP contribution is 2.52. The molecule has 0 saturated heterocycles. The van der Waals surface area contributed by atoms with Crippen molar-refractivity contribution in [2.45, 2.75) is 38.1 Å². The van der Waals surface area contributed by atoms with Crippen molar-refractivity contribution in [1.29, 1.82) is 0 Å². The van der Waals surface area contributed by atoms with E-state index in [4.69, 9.17) is 0 Å². The van der Waals surface area contributed by atoms with E-state index in [0.717, 1.165) is 12.8 Å². The highest BCUT2D eigenvalue weighted by Gasteiger charge is 2.37. The van der Waals surface area contributed by atoms with E-state index >= 15 is 0 Å². The smallest absolute Gasteiger partial charge is 0.0632 e. The summed E-state index contributed by atoms with van der Waals surface area (Å²) in [6, 6.07) is 65.2. The van der Waals surface area contributed by atoms with E-state index in [1.807, 2.05) is 0 Å². The Morgan fingerprint density at radius 2 is 1.26 bits per heavy atom. The van der Waals surface area contributed by atoms with Crippen LogP contribution in [0.3, 0.4) is 0 Å². The first-order valence-electron chi connectivity index (χ1n) is 20.4. The number of rotatable bonds is 6. The minimum absolute atomic E-state index is 0.0904. The van der Waals surface area contributed by atoms with Crippen LogP contribution in [0.5, 0.6) is 0 Å². The van der Waals surface area contributed by atoms with Crippen molar-refractivity contribution in [2.75, 3.05) is 4.90 Å². The predicted molar refractivity (Wildman–Crippen MR) is 239 cm³/mol. The Kier molecular flexibility index (Phi) is 7.83. The molecule has 57 heavy (non-hydrogen) atoms. The summed E-state index contributed by atoms with van der Waals surface area (Å²) in [6.45, 7) is 4.76. The molecule has 8 aromatic rings. The zero-order chi connectivity index (χ0) is 38.1. The molecule has 2 nitrogen and oxygen atoms in total. The van der Waals surface area contributed by atoms with Gasteiger partial charge in [0.15, 0.2) is 0 Å². The Morgan fingerprint density at radius 1 is 0.579 bits per heavy atom. The number of hydrogen-bond donors (Lipinski definition) is 0. The maximum Gasteiger partial charge on any atom is 0.0632 e. The lowest BCUT2D eigenvalue weighted by molar-refractivity contribution is 0.656. The standard InChI is InChI=1S/C55H44N2/c1-55(2)50-26-13-11-23-45(50)46-30-29-42(36-51(46)55)56(41-21-15-18-38(34-41)37-16-5-3-6-17-37)53-33-31-43(44-22-9-10-24-47(44)53)39-28-32-54-49(35-39)48-25-12-14-27-52(48)57(54)40-19-7-4-8-20-40/h3-32,34,36,39,53H,33,35H2,1-2H3. The number of para-hydroxylation sites is 2. The Morgan fingerprint density at radius 3 is 2.12 bits per heavy atom. The lowest BCUT2D eigenvalue weighted by atomic mass is 9.77. The molecule has 274 valence electrons. The molecule has 0 N–H and O–H groups in total. The molecule has 0 bridgehead atoms. The third-order valence-corrected chi connectivity index (χ3v) is 12.9. The van der Waals surface area contributed by atoms with E-state index in [-0.39, 0.29) is 17.4 Å². The lowest BCUT2D eigenvalue weighted by Gasteiger charge is -2.39. The molecule has 2 heteroatoms. The summed E-state index contributed by atoms with van der Waals surface area (Å²) < 4.78 is 2.44. The minimum atomic E-state index is -0.0904. The van der Waals surface area contributed by atoms with E-state index in [9.17, 15) is 0 Å². The fraction of sp³-hybridized carbons (Fsp3) is 0.127. The van der Waals surface area contributed by atoms with Crippen LogP contribution >= 0.6 is 0 Å². The Labute approximate surface area is 335 Å². The zero-order valence-corrected chi connectivity index (χ0v) is 32.4. The second-order valence-corrected chi connectivity index (χ2v) is 16.4. The van der Waals surface area contributed by atoms with Gasteiger partial charge in [-0.05, 0) is 117 Å². The third kappa shape index (κ3) is 5.39. The summed E-state index contributed by atoms with van der Waals surface area (Å²) in [4.78, 5) is 2.63. The minimum Gasteiger partial charge on any atom is -0.334 e. The van der Waals surface area contributed by atoms with Crippen LogP contribution in [-0.4, -0.2) is 4.57 Å². The zero-order valence-electron chi connectivity index (χ0n) is 32.4. The van der Waals surface area contributed by atoms with Gasteiger partial charge in [-0.3, -0.25) is 0 Å². The Balaban J connectivity index is 1.02. The lowest BCUT2D eigenvalue weighted by Crippen LogP contribution is -2.27. The summed E-state index contributed by atoms with van der Waals surface area (Å²) >= 11 is 0. The van der Waals surface area contributed by atoms with Crippen molar-refractivity contribution in [2.24, 2.45) is 5.92 Å². The van der Waals surface area contributed by atoms with Crippen LogP contribution in [0.25, 0.3) is 50.5 Å². The number of anilines is 2. The number of fused-ring (bicyclic) bond motifs is 7. The number of allylic oxidation sites excluding steroid dienone is 2. The molecular weight excluding hydrogens is 689 g/mol. The summed E-state index contributed by atoms with van der Waals surface area (Å²) in [5, 5.41) is 1.35. The van der Waals surface area contributed by atoms with Gasteiger partial charge in [-0.15, -0.1) is 0 Å². The quantitative estimate of drug-likeness (QED) is 0.165. The molecule has 0 spiro atoms. The maximum absolute atomic E-state index is 2.63. The molecule has 1 heterocycles. The Hall–Kier alpha value is -6.64. The van der Waals surface area contributed by atoms with E-state index in [0.29, 0.717) is 0 Å². The van der Waals surface area contributed by atoms with Gasteiger partial charge in [0.1, 0.15) is 0 Å². The average molecular weight is 733 g/mol. The van der Waals surface area contributed by atoms with Gasteiger partial charge in [0.2, 0.25) is 0 Å². The van der Waals surface area contributed by atoms with E-state index in [1.54, 1.807) is 0 Å². The second kappa shape index (κ2) is 13.2. The van der Waals surface area contributed by atoms with Crippen molar-refractivity contribution in [3.05, 3.63) is 222 Å². The van der Waals surface area contributed by atoms with Gasteiger partial charge >= 0.3 is 0 Å². The summed E-state index contributed by atoms with van der Waals surface area (Å²) in [5.41, 5.74) is 19.7. The molecule has 0 radical (unpaired) electrons. The molecule has 0 amide bonds. The summed E-state index contributed by atoms with van der Waals surface area (Å²) in [6.07, 6.45) is 9.29. The van der Waals surface area contributed by atoms with Crippen molar-refractivity contribution >= 4 is 33.9 Å². The van der Waals surface area contributed by atoms with Gasteiger partial charge in [-0.25, -0.2) is 0 Å². The van der Waals surface area contributed by atoms with Crippen LogP contribution in [0.1, 0.15) is 59.8 Å². The van der Waals surface area contributed by atoms with E-state index in [2.05, 4.69) is 217 Å². The first-order valence-corrected chi connectivity index (χ1v) is 20.4. The largest absolute Gasteiger partial charge is 0.334 e.